The van der Waals surface area contributed by atoms with Gasteiger partial charge in [-0.1, -0.05) is 60.7 Å². The number of rotatable bonds is 18. The zero-order valence-electron chi connectivity index (χ0n) is 39.2. The maximum atomic E-state index is 14.8. The molecule has 4 saturated carbocycles. The Labute approximate surface area is 391 Å². The third-order valence-electron chi connectivity index (χ3n) is 14.7. The Balaban J connectivity index is 1.05. The van der Waals surface area contributed by atoms with E-state index in [1.54, 1.807) is 12.1 Å². The number of hydrogen-bond acceptors (Lipinski definition) is 12. The number of hydrogen-bond donors (Lipinski definition) is 3. The molecule has 4 bridgehead atoms. The molecule has 15 heteroatoms. The second-order valence-electron chi connectivity index (χ2n) is 19.3. The van der Waals surface area contributed by atoms with Crippen LogP contribution in [0.25, 0.3) is 21.5 Å². The van der Waals surface area contributed by atoms with Crippen LogP contribution in [0.2, 0.25) is 0 Å². The van der Waals surface area contributed by atoms with Crippen LogP contribution in [-0.4, -0.2) is 126 Å². The van der Waals surface area contributed by atoms with E-state index in [1.807, 2.05) is 98.7 Å². The normalized spacial score (nSPS) is 25.9. The fraction of sp³-hybridized carbons (Fsp3) is 0.500. The van der Waals surface area contributed by atoms with Gasteiger partial charge >= 0.3 is 11.9 Å². The van der Waals surface area contributed by atoms with Crippen molar-refractivity contribution in [1.29, 1.82) is 0 Å². The third-order valence-corrected chi connectivity index (χ3v) is 14.7. The second-order valence-corrected chi connectivity index (χ2v) is 19.3. The fourth-order valence-electron chi connectivity index (χ4n) is 11.7. The van der Waals surface area contributed by atoms with E-state index in [0.717, 1.165) is 23.9 Å². The van der Waals surface area contributed by atoms with Crippen molar-refractivity contribution < 1.29 is 47.7 Å². The van der Waals surface area contributed by atoms with Gasteiger partial charge in [0.2, 0.25) is 23.6 Å². The Morgan fingerprint density at radius 2 is 0.925 bits per heavy atom. The van der Waals surface area contributed by atoms with Crippen molar-refractivity contribution >= 4 is 57.1 Å². The number of nitrogens with one attached hydrogen (secondary N) is 3. The first-order valence-electron chi connectivity index (χ1n) is 23.5. The van der Waals surface area contributed by atoms with Crippen LogP contribution >= 0.6 is 0 Å². The minimum atomic E-state index is -1.01. The number of carbonyl (C=O) groups excluding carboxylic acids is 6. The van der Waals surface area contributed by atoms with Gasteiger partial charge in [0, 0.05) is 24.9 Å². The van der Waals surface area contributed by atoms with Gasteiger partial charge in [-0.15, -0.1) is 0 Å². The highest BCUT2D eigenvalue weighted by Gasteiger charge is 2.62. The summed E-state index contributed by atoms with van der Waals surface area (Å²) < 4.78 is 23.7. The van der Waals surface area contributed by atoms with Crippen LogP contribution in [0.15, 0.2) is 72.8 Å². The largest absolute Gasteiger partial charge is 0.496 e. The van der Waals surface area contributed by atoms with Crippen LogP contribution in [0.3, 0.4) is 0 Å². The highest BCUT2D eigenvalue weighted by atomic mass is 16.6. The van der Waals surface area contributed by atoms with Crippen molar-refractivity contribution in [2.24, 2.45) is 47.3 Å². The summed E-state index contributed by atoms with van der Waals surface area (Å²) >= 11 is 0. The van der Waals surface area contributed by atoms with Crippen molar-refractivity contribution in [2.75, 3.05) is 68.6 Å². The monoisotopic (exact) mass is 917 g/mol. The molecular formula is C52H63N5O10. The Hall–Kier alpha value is -6.06. The molecular weight excluding hydrogens is 855 g/mol. The molecule has 356 valence electrons. The molecule has 4 aromatic rings. The van der Waals surface area contributed by atoms with Gasteiger partial charge in [-0.2, -0.15) is 0 Å². The molecule has 3 N–H and O–H groups in total. The van der Waals surface area contributed by atoms with Gasteiger partial charge in [0.15, 0.2) is 0 Å². The van der Waals surface area contributed by atoms with Crippen molar-refractivity contribution in [3.63, 3.8) is 0 Å². The van der Waals surface area contributed by atoms with Gasteiger partial charge in [0.1, 0.15) is 34.8 Å². The number of imide groups is 1. The summed E-state index contributed by atoms with van der Waals surface area (Å²) in [7, 11) is 10.8. The number of ether oxygens (including phenoxy) is 4. The summed E-state index contributed by atoms with van der Waals surface area (Å²) in [6, 6.07) is 22.0. The minimum absolute atomic E-state index is 0.270. The predicted molar refractivity (Wildman–Crippen MR) is 251 cm³/mol. The summed E-state index contributed by atoms with van der Waals surface area (Å²) in [6.07, 6.45) is 1.57. The van der Waals surface area contributed by atoms with Crippen LogP contribution in [0, 0.1) is 47.3 Å². The number of nitrogens with zero attached hydrogens (tertiary/aromatic N) is 2. The lowest BCUT2D eigenvalue weighted by Gasteiger charge is -2.36. The Kier molecular flexibility index (Phi) is 14.5. The average molecular weight is 918 g/mol. The van der Waals surface area contributed by atoms with Crippen LogP contribution < -0.4 is 25.4 Å². The molecule has 0 aliphatic heterocycles. The van der Waals surface area contributed by atoms with Gasteiger partial charge in [-0.3, -0.25) is 24.5 Å². The molecule has 10 atom stereocenters. The number of fused-ring (bicyclic) bond motifs is 6. The molecule has 4 aliphatic carbocycles. The molecule has 67 heavy (non-hydrogen) atoms. The number of benzene rings is 4. The minimum Gasteiger partial charge on any atom is -0.496 e. The van der Waals surface area contributed by atoms with Crippen molar-refractivity contribution in [3.8, 4) is 11.5 Å². The first-order chi connectivity index (χ1) is 32.3. The summed E-state index contributed by atoms with van der Waals surface area (Å²) in [6.45, 7) is 2.31. The van der Waals surface area contributed by atoms with Gasteiger partial charge in [0.25, 0.3) is 0 Å². The van der Waals surface area contributed by atoms with E-state index < -0.39 is 71.5 Å². The van der Waals surface area contributed by atoms with Crippen molar-refractivity contribution in [3.05, 3.63) is 83.9 Å². The molecule has 0 aromatic heterocycles. The molecule has 0 spiro atoms. The first kappa shape index (κ1) is 47.4. The Bertz CT molecular complexity index is 2360. The van der Waals surface area contributed by atoms with Crippen LogP contribution in [-0.2, 0) is 28.7 Å². The first-order valence-corrected chi connectivity index (χ1v) is 23.5. The molecule has 4 amide bonds. The molecule has 4 aliphatic rings. The van der Waals surface area contributed by atoms with E-state index in [2.05, 4.69) is 16.0 Å². The van der Waals surface area contributed by atoms with Gasteiger partial charge < -0.3 is 39.4 Å². The number of amides is 4. The average Bonchev–Trinajstić information content (AvgIpc) is 4.11. The molecule has 10 unspecified atom stereocenters. The third kappa shape index (κ3) is 9.71. The molecule has 4 aromatic carbocycles. The summed E-state index contributed by atoms with van der Waals surface area (Å²) in [5.41, 5.74) is 0.539. The lowest BCUT2D eigenvalue weighted by atomic mass is 9.75. The maximum absolute atomic E-state index is 14.8. The molecule has 8 rings (SSSR count). The maximum Gasteiger partial charge on any atom is 0.342 e. The van der Waals surface area contributed by atoms with Gasteiger partial charge in [0.05, 0.1) is 37.9 Å². The number of carbonyl (C=O) groups is 6. The summed E-state index contributed by atoms with van der Waals surface area (Å²) in [5, 5.41) is 11.7. The molecule has 15 nitrogen and oxygen atoms in total. The zero-order valence-corrected chi connectivity index (χ0v) is 39.2. The van der Waals surface area contributed by atoms with Crippen molar-refractivity contribution in [1.82, 2.24) is 25.8 Å². The highest BCUT2D eigenvalue weighted by Crippen LogP contribution is 2.56. The summed E-state index contributed by atoms with van der Waals surface area (Å²) in [5.74, 6) is -7.69. The predicted octanol–water partition coefficient (Wildman–Crippen LogP) is 5.08. The van der Waals surface area contributed by atoms with E-state index in [-0.39, 0.29) is 34.8 Å². The summed E-state index contributed by atoms with van der Waals surface area (Å²) in [4.78, 5) is 90.1. The Morgan fingerprint density at radius 1 is 0.522 bits per heavy atom. The molecule has 4 fully saturated rings. The van der Waals surface area contributed by atoms with Crippen LogP contribution in [0.5, 0.6) is 11.5 Å². The van der Waals surface area contributed by atoms with Crippen LogP contribution in [0.4, 0.5) is 0 Å². The molecule has 0 radical (unpaired) electrons. The van der Waals surface area contributed by atoms with E-state index in [1.165, 1.54) is 14.2 Å². The van der Waals surface area contributed by atoms with E-state index in [4.69, 9.17) is 18.9 Å². The lowest BCUT2D eigenvalue weighted by Crippen LogP contribution is -2.53. The standard InChI is InChI=1S/C52H63N5O10/c1-56(2)23-11-21-53-47(58)41-31-25-35(39(27-31)66-51(62)43-33-15-9-7-13-29(33)17-19-37(43)64-5)45(41)49(60)55-50(61)46-36-26-32(42(46)48(59)54-22-12-24-57(3)4)28-40(36)67-52(63)44-34-16-10-8-14-30(34)18-20-38(44)65-6/h7-10,13-20,31-32,35-36,39-42,45-46H,11-12,21-28H2,1-6H3,(H,53,58)(H,54,59)(H,55,60,61). The topological polar surface area (TPSA) is 182 Å². The SMILES string of the molecule is COc1ccc2ccccc2c1C(=O)OC1CC2CC1C(C(=O)NC(=O)C1C3CC(CC3OC(=O)c3c(OC)ccc4ccccc34)C1C(=O)NCCCN(C)C)C2C(=O)NCCCN(C)C. The Morgan fingerprint density at radius 3 is 1.31 bits per heavy atom. The second kappa shape index (κ2) is 20.4. The van der Waals surface area contributed by atoms with Crippen molar-refractivity contribution in [2.45, 2.75) is 50.7 Å². The fourth-order valence-corrected chi connectivity index (χ4v) is 11.7. The highest BCUT2D eigenvalue weighted by molar-refractivity contribution is 6.08. The van der Waals surface area contributed by atoms with E-state index in [0.29, 0.717) is 73.9 Å². The van der Waals surface area contributed by atoms with Gasteiger partial charge in [-0.25, -0.2) is 9.59 Å². The van der Waals surface area contributed by atoms with Gasteiger partial charge in [-0.05, 0) is 125 Å². The zero-order chi connectivity index (χ0) is 47.5. The van der Waals surface area contributed by atoms with E-state index in [9.17, 15) is 28.8 Å². The molecule has 0 saturated heterocycles. The van der Waals surface area contributed by atoms with E-state index >= 15 is 0 Å². The molecule has 0 heterocycles. The number of esters is 2. The van der Waals surface area contributed by atoms with Crippen LogP contribution in [0.1, 0.15) is 59.2 Å². The quantitative estimate of drug-likeness (QED) is 0.0685. The smallest absolute Gasteiger partial charge is 0.342 e. The number of methoxy groups -OCH3 is 2. The lowest BCUT2D eigenvalue weighted by molar-refractivity contribution is -0.147.